The number of carbonyl (C=O) groups excluding carboxylic acids is 1. The van der Waals surface area contributed by atoms with Crippen LogP contribution >= 0.6 is 0 Å². The molecule has 1 amide bonds. The van der Waals surface area contributed by atoms with Gasteiger partial charge in [0.1, 0.15) is 0 Å². The number of pyridine rings is 1. The van der Waals surface area contributed by atoms with Crippen molar-refractivity contribution in [3.63, 3.8) is 0 Å². The van der Waals surface area contributed by atoms with Crippen LogP contribution in [0.2, 0.25) is 0 Å². The van der Waals surface area contributed by atoms with Gasteiger partial charge >= 0.3 is 6.18 Å². The minimum Gasteiger partial charge on any atom is -0.342 e. The van der Waals surface area contributed by atoms with Gasteiger partial charge in [0.05, 0.1) is 23.0 Å². The molecule has 3 aromatic rings. The molecule has 0 aliphatic carbocycles. The fourth-order valence-electron chi connectivity index (χ4n) is 4.04. The zero-order chi connectivity index (χ0) is 21.5. The molecule has 1 fully saturated rings. The molecule has 0 N–H and O–H groups in total. The Kier molecular flexibility index (Phi) is 5.25. The Morgan fingerprint density at radius 1 is 1.40 bits per heavy atom. The number of aryl methyl sites for hydroxylation is 1. The summed E-state index contributed by atoms with van der Waals surface area (Å²) in [4.78, 5) is 22.6. The molecular formula is C20H22F3N5O2. The Balaban J connectivity index is 1.58. The van der Waals surface area contributed by atoms with Gasteiger partial charge in [-0.05, 0) is 32.8 Å². The number of nitrogens with zero attached hydrogens (tertiary/aromatic N) is 5. The van der Waals surface area contributed by atoms with Gasteiger partial charge in [-0.15, -0.1) is 0 Å². The van der Waals surface area contributed by atoms with E-state index in [1.54, 1.807) is 23.6 Å². The van der Waals surface area contributed by atoms with Gasteiger partial charge in [0.2, 0.25) is 5.91 Å². The number of fused-ring (bicyclic) bond motifs is 1. The van der Waals surface area contributed by atoms with Gasteiger partial charge in [-0.2, -0.15) is 13.2 Å². The number of likely N-dealkylation sites (tertiary alicyclic amines) is 1. The first-order chi connectivity index (χ1) is 14.2. The number of rotatable bonds is 4. The van der Waals surface area contributed by atoms with E-state index in [2.05, 4.69) is 15.1 Å². The van der Waals surface area contributed by atoms with Crippen molar-refractivity contribution in [2.75, 3.05) is 13.1 Å². The van der Waals surface area contributed by atoms with E-state index in [0.29, 0.717) is 25.9 Å². The van der Waals surface area contributed by atoms with E-state index in [1.165, 1.54) is 6.92 Å². The third-order valence-corrected chi connectivity index (χ3v) is 5.57. The summed E-state index contributed by atoms with van der Waals surface area (Å²) in [5, 5.41) is 3.84. The lowest BCUT2D eigenvalue weighted by molar-refractivity contribution is -0.136. The van der Waals surface area contributed by atoms with Crippen LogP contribution in [0.25, 0.3) is 11.1 Å². The molecule has 160 valence electrons. The summed E-state index contributed by atoms with van der Waals surface area (Å²) in [6.45, 7) is 4.29. The molecule has 1 aliphatic rings. The number of imidazole rings is 1. The number of piperidine rings is 1. The molecule has 1 aliphatic heterocycles. The summed E-state index contributed by atoms with van der Waals surface area (Å²) in [5.74, 6) is -0.378. The molecule has 4 rings (SSSR count). The van der Waals surface area contributed by atoms with Gasteiger partial charge in [0, 0.05) is 49.6 Å². The topological polar surface area (TPSA) is 77.0 Å². The minimum absolute atomic E-state index is 0.0429. The summed E-state index contributed by atoms with van der Waals surface area (Å²) in [6, 6.07) is 0.957. The Hall–Kier alpha value is -2.91. The predicted octanol–water partition coefficient (Wildman–Crippen LogP) is 4.10. The SMILES string of the molecule is Cc1cc(C(F)(F)F)c2c([C@@H]3CCCN(C(=O)C[C@H](C)n4ccnc4)C3)noc2n1. The summed E-state index contributed by atoms with van der Waals surface area (Å²) < 4.78 is 47.9. The van der Waals surface area contributed by atoms with Gasteiger partial charge in [0.25, 0.3) is 5.71 Å². The van der Waals surface area contributed by atoms with Crippen LogP contribution in [0.15, 0.2) is 29.3 Å². The maximum atomic E-state index is 13.6. The van der Waals surface area contributed by atoms with Gasteiger partial charge < -0.3 is 14.0 Å². The van der Waals surface area contributed by atoms with Crippen LogP contribution in [-0.4, -0.2) is 43.6 Å². The molecule has 0 radical (unpaired) electrons. The molecule has 0 bridgehead atoms. The highest BCUT2D eigenvalue weighted by molar-refractivity contribution is 5.82. The number of amides is 1. The summed E-state index contributed by atoms with van der Waals surface area (Å²) in [6.07, 6.45) is 2.17. The highest BCUT2D eigenvalue weighted by atomic mass is 19.4. The zero-order valence-electron chi connectivity index (χ0n) is 16.7. The van der Waals surface area contributed by atoms with Crippen molar-refractivity contribution in [1.29, 1.82) is 0 Å². The smallest absolute Gasteiger partial charge is 0.342 e. The normalized spacial score (nSPS) is 18.7. The quantitative estimate of drug-likeness (QED) is 0.634. The Morgan fingerprint density at radius 2 is 2.20 bits per heavy atom. The van der Waals surface area contributed by atoms with E-state index in [4.69, 9.17) is 4.52 Å². The second-order valence-corrected chi connectivity index (χ2v) is 7.80. The van der Waals surface area contributed by atoms with Crippen molar-refractivity contribution in [2.24, 2.45) is 0 Å². The number of aromatic nitrogens is 4. The molecule has 3 aromatic heterocycles. The molecule has 10 heteroatoms. The lowest BCUT2D eigenvalue weighted by Crippen LogP contribution is -2.40. The number of hydrogen-bond donors (Lipinski definition) is 0. The van der Waals surface area contributed by atoms with E-state index in [9.17, 15) is 18.0 Å². The van der Waals surface area contributed by atoms with Crippen LogP contribution in [0.5, 0.6) is 0 Å². The first kappa shape index (κ1) is 20.4. The molecule has 0 unspecified atom stereocenters. The first-order valence-electron chi connectivity index (χ1n) is 9.83. The monoisotopic (exact) mass is 421 g/mol. The Morgan fingerprint density at radius 3 is 2.90 bits per heavy atom. The molecule has 4 heterocycles. The molecule has 0 spiro atoms. The molecule has 0 saturated carbocycles. The van der Waals surface area contributed by atoms with Crippen molar-refractivity contribution >= 4 is 17.0 Å². The van der Waals surface area contributed by atoms with E-state index in [1.807, 2.05) is 11.5 Å². The second-order valence-electron chi connectivity index (χ2n) is 7.80. The molecule has 0 aromatic carbocycles. The Bertz CT molecular complexity index is 1040. The van der Waals surface area contributed by atoms with Crippen molar-refractivity contribution in [3.8, 4) is 0 Å². The highest BCUT2D eigenvalue weighted by Gasteiger charge is 2.38. The van der Waals surface area contributed by atoms with E-state index in [-0.39, 0.29) is 46.8 Å². The summed E-state index contributed by atoms with van der Waals surface area (Å²) >= 11 is 0. The van der Waals surface area contributed by atoms with Crippen LogP contribution in [0, 0.1) is 6.92 Å². The van der Waals surface area contributed by atoms with Crippen LogP contribution in [0.1, 0.15) is 55.1 Å². The molecule has 1 saturated heterocycles. The minimum atomic E-state index is -4.54. The third-order valence-electron chi connectivity index (χ3n) is 5.57. The summed E-state index contributed by atoms with van der Waals surface area (Å²) in [5.41, 5.74) is -0.468. The van der Waals surface area contributed by atoms with Gasteiger partial charge in [-0.3, -0.25) is 4.79 Å². The first-order valence-corrected chi connectivity index (χ1v) is 9.83. The fourth-order valence-corrected chi connectivity index (χ4v) is 4.04. The lowest BCUT2D eigenvalue weighted by atomic mass is 9.91. The summed E-state index contributed by atoms with van der Waals surface area (Å²) in [7, 11) is 0. The molecule has 30 heavy (non-hydrogen) atoms. The van der Waals surface area contributed by atoms with Crippen molar-refractivity contribution in [3.05, 3.63) is 41.7 Å². The van der Waals surface area contributed by atoms with Gasteiger partial charge in [-0.25, -0.2) is 9.97 Å². The van der Waals surface area contributed by atoms with Crippen LogP contribution in [-0.2, 0) is 11.0 Å². The van der Waals surface area contributed by atoms with Crippen molar-refractivity contribution < 1.29 is 22.5 Å². The number of halogens is 3. The van der Waals surface area contributed by atoms with Crippen LogP contribution < -0.4 is 0 Å². The van der Waals surface area contributed by atoms with Crippen molar-refractivity contribution in [2.45, 2.75) is 51.2 Å². The number of hydrogen-bond acceptors (Lipinski definition) is 5. The average Bonchev–Trinajstić information content (AvgIpc) is 3.36. The van der Waals surface area contributed by atoms with E-state index >= 15 is 0 Å². The molecule has 7 nitrogen and oxygen atoms in total. The second kappa shape index (κ2) is 7.73. The maximum Gasteiger partial charge on any atom is 0.417 e. The molecule has 2 atom stereocenters. The van der Waals surface area contributed by atoms with Crippen LogP contribution in [0.4, 0.5) is 13.2 Å². The third kappa shape index (κ3) is 3.90. The van der Waals surface area contributed by atoms with Gasteiger partial charge in [0.15, 0.2) is 0 Å². The van der Waals surface area contributed by atoms with Gasteiger partial charge in [-0.1, -0.05) is 5.16 Å². The van der Waals surface area contributed by atoms with E-state index < -0.39 is 11.7 Å². The average molecular weight is 421 g/mol. The van der Waals surface area contributed by atoms with E-state index in [0.717, 1.165) is 6.07 Å². The fraction of sp³-hybridized carbons (Fsp3) is 0.500. The van der Waals surface area contributed by atoms with Crippen LogP contribution in [0.3, 0.4) is 0 Å². The Labute approximate surface area is 170 Å². The van der Waals surface area contributed by atoms with Crippen molar-refractivity contribution in [1.82, 2.24) is 24.6 Å². The molecular weight excluding hydrogens is 399 g/mol. The zero-order valence-corrected chi connectivity index (χ0v) is 16.7. The standard InChI is InChI=1S/C20H22F3N5O2/c1-12-8-15(20(21,22)23)17-18(26-30-19(17)25-12)14-4-3-6-27(10-14)16(29)9-13(2)28-7-5-24-11-28/h5,7-8,11,13-14H,3-4,6,9-10H2,1-2H3/t13-,14+/m0/s1. The number of carbonyl (C=O) groups is 1. The largest absolute Gasteiger partial charge is 0.417 e. The lowest BCUT2D eigenvalue weighted by Gasteiger charge is -2.33. The number of alkyl halides is 3. The predicted molar refractivity (Wildman–Crippen MR) is 102 cm³/mol. The maximum absolute atomic E-state index is 13.6. The highest BCUT2D eigenvalue weighted by Crippen LogP contribution is 2.40.